The van der Waals surface area contributed by atoms with Crippen LogP contribution in [0, 0.1) is 0 Å². The lowest BCUT2D eigenvalue weighted by Crippen LogP contribution is -2.40. The first-order chi connectivity index (χ1) is 7.09. The van der Waals surface area contributed by atoms with Crippen LogP contribution in [0.25, 0.3) is 0 Å². The Balaban J connectivity index is 2.83. The van der Waals surface area contributed by atoms with Crippen molar-refractivity contribution in [2.24, 2.45) is 0 Å². The van der Waals surface area contributed by atoms with E-state index in [1.807, 2.05) is 26.2 Å². The van der Waals surface area contributed by atoms with Gasteiger partial charge in [0.25, 0.3) is 5.91 Å². The summed E-state index contributed by atoms with van der Waals surface area (Å²) in [6.07, 6.45) is 0. The van der Waals surface area contributed by atoms with Gasteiger partial charge in [0.1, 0.15) is 5.69 Å². The van der Waals surface area contributed by atoms with Gasteiger partial charge in [-0.25, -0.2) is 4.98 Å². The Labute approximate surface area is 101 Å². The molecular formula is C12H20N2OS. The van der Waals surface area contributed by atoms with E-state index in [4.69, 9.17) is 0 Å². The van der Waals surface area contributed by atoms with Gasteiger partial charge in [-0.15, -0.1) is 11.3 Å². The average Bonchev–Trinajstić information content (AvgIpc) is 2.46. The number of nitrogens with one attached hydrogen (secondary N) is 1. The molecule has 1 heterocycles. The lowest BCUT2D eigenvalue weighted by Gasteiger charge is -2.19. The number of rotatable bonds is 1. The summed E-state index contributed by atoms with van der Waals surface area (Å²) in [6.45, 7) is 12.2. The van der Waals surface area contributed by atoms with E-state index in [1.165, 1.54) is 11.3 Å². The number of thiazole rings is 1. The zero-order valence-electron chi connectivity index (χ0n) is 10.8. The third-order valence-corrected chi connectivity index (χ3v) is 3.13. The maximum absolute atomic E-state index is 11.8. The summed E-state index contributed by atoms with van der Waals surface area (Å²) in [5.41, 5.74) is 0.304. The van der Waals surface area contributed by atoms with Gasteiger partial charge in [0.15, 0.2) is 0 Å². The van der Waals surface area contributed by atoms with Crippen LogP contribution in [-0.4, -0.2) is 16.4 Å². The zero-order chi connectivity index (χ0) is 12.6. The third-order valence-electron chi connectivity index (χ3n) is 1.87. The van der Waals surface area contributed by atoms with Crippen LogP contribution in [-0.2, 0) is 5.41 Å². The molecule has 4 heteroatoms. The molecule has 0 radical (unpaired) electrons. The monoisotopic (exact) mass is 240 g/mol. The molecule has 90 valence electrons. The highest BCUT2D eigenvalue weighted by atomic mass is 32.1. The summed E-state index contributed by atoms with van der Waals surface area (Å²) >= 11 is 1.54. The van der Waals surface area contributed by atoms with Crippen molar-refractivity contribution in [3.63, 3.8) is 0 Å². The van der Waals surface area contributed by atoms with E-state index < -0.39 is 0 Å². The normalized spacial score (nSPS) is 12.6. The van der Waals surface area contributed by atoms with Crippen LogP contribution in [0.2, 0.25) is 0 Å². The molecule has 0 fully saturated rings. The fourth-order valence-corrected chi connectivity index (χ4v) is 2.01. The molecule has 0 spiro atoms. The lowest BCUT2D eigenvalue weighted by atomic mass is 9.98. The van der Waals surface area contributed by atoms with Crippen LogP contribution in [0.15, 0.2) is 5.38 Å². The van der Waals surface area contributed by atoms with Crippen molar-refractivity contribution in [3.8, 4) is 0 Å². The van der Waals surface area contributed by atoms with Gasteiger partial charge in [0.2, 0.25) is 0 Å². The molecule has 0 unspecified atom stereocenters. The Bertz CT molecular complexity index is 382. The molecule has 0 saturated carbocycles. The minimum absolute atomic E-state index is 0.00489. The van der Waals surface area contributed by atoms with E-state index in [0.29, 0.717) is 5.69 Å². The van der Waals surface area contributed by atoms with Gasteiger partial charge in [-0.2, -0.15) is 0 Å². The topological polar surface area (TPSA) is 42.0 Å². The number of carbonyl (C=O) groups excluding carboxylic acids is 1. The zero-order valence-corrected chi connectivity index (χ0v) is 11.7. The fourth-order valence-electron chi connectivity index (χ4n) is 1.13. The van der Waals surface area contributed by atoms with Gasteiger partial charge in [0, 0.05) is 16.3 Å². The number of carbonyl (C=O) groups is 1. The highest BCUT2D eigenvalue weighted by Gasteiger charge is 2.22. The molecule has 0 bridgehead atoms. The molecule has 0 saturated heterocycles. The Morgan fingerprint density at radius 1 is 1.25 bits per heavy atom. The molecule has 16 heavy (non-hydrogen) atoms. The summed E-state index contributed by atoms with van der Waals surface area (Å²) in [6, 6.07) is 0. The van der Waals surface area contributed by atoms with Crippen molar-refractivity contribution in [3.05, 3.63) is 16.1 Å². The van der Waals surface area contributed by atoms with Crippen molar-refractivity contribution >= 4 is 17.2 Å². The van der Waals surface area contributed by atoms with Crippen LogP contribution < -0.4 is 5.32 Å². The minimum Gasteiger partial charge on any atom is -0.346 e. The van der Waals surface area contributed by atoms with E-state index >= 15 is 0 Å². The van der Waals surface area contributed by atoms with Gasteiger partial charge in [-0.3, -0.25) is 4.79 Å². The van der Waals surface area contributed by atoms with Crippen molar-refractivity contribution in [2.75, 3.05) is 0 Å². The summed E-state index contributed by atoms with van der Waals surface area (Å²) in [5, 5.41) is 5.72. The molecule has 0 atom stereocenters. The average molecular weight is 240 g/mol. The van der Waals surface area contributed by atoms with Crippen molar-refractivity contribution in [2.45, 2.75) is 52.5 Å². The van der Waals surface area contributed by atoms with Gasteiger partial charge in [-0.05, 0) is 20.8 Å². The third kappa shape index (κ3) is 3.59. The first-order valence-corrected chi connectivity index (χ1v) is 6.26. The quantitative estimate of drug-likeness (QED) is 0.820. The molecule has 0 aliphatic rings. The van der Waals surface area contributed by atoms with Crippen LogP contribution in [0.4, 0.5) is 0 Å². The van der Waals surface area contributed by atoms with Gasteiger partial charge in [0.05, 0.1) is 5.01 Å². The SMILES string of the molecule is CC(C)(C)NC(=O)c1csc(C(C)(C)C)n1. The van der Waals surface area contributed by atoms with Gasteiger partial charge in [-0.1, -0.05) is 20.8 Å². The van der Waals surface area contributed by atoms with Gasteiger partial charge >= 0.3 is 0 Å². The molecule has 0 aliphatic carbocycles. The van der Waals surface area contributed by atoms with E-state index in [-0.39, 0.29) is 16.9 Å². The first-order valence-electron chi connectivity index (χ1n) is 5.38. The van der Waals surface area contributed by atoms with Gasteiger partial charge < -0.3 is 5.32 Å². The largest absolute Gasteiger partial charge is 0.346 e. The molecule has 1 N–H and O–H groups in total. The van der Waals surface area contributed by atoms with Crippen molar-refractivity contribution < 1.29 is 4.79 Å². The minimum atomic E-state index is -0.220. The number of aromatic nitrogens is 1. The van der Waals surface area contributed by atoms with E-state index in [2.05, 4.69) is 31.1 Å². The predicted octanol–water partition coefficient (Wildman–Crippen LogP) is 2.97. The molecule has 1 rings (SSSR count). The Morgan fingerprint density at radius 3 is 2.19 bits per heavy atom. The molecule has 1 aromatic rings. The summed E-state index contributed by atoms with van der Waals surface area (Å²) < 4.78 is 0. The van der Waals surface area contributed by atoms with Crippen LogP contribution >= 0.6 is 11.3 Å². The smallest absolute Gasteiger partial charge is 0.271 e. The molecule has 0 aromatic carbocycles. The second-order valence-electron chi connectivity index (χ2n) is 5.99. The number of hydrogen-bond donors (Lipinski definition) is 1. The highest BCUT2D eigenvalue weighted by Crippen LogP contribution is 2.25. The van der Waals surface area contributed by atoms with Crippen LogP contribution in [0.1, 0.15) is 57.0 Å². The van der Waals surface area contributed by atoms with E-state index in [9.17, 15) is 4.79 Å². The molecule has 1 aromatic heterocycles. The van der Waals surface area contributed by atoms with Crippen LogP contribution in [0.3, 0.4) is 0 Å². The van der Waals surface area contributed by atoms with E-state index in [1.54, 1.807) is 0 Å². The highest BCUT2D eigenvalue weighted by molar-refractivity contribution is 7.10. The standard InChI is InChI=1S/C12H20N2OS/c1-11(2,3)10-13-8(7-16-10)9(15)14-12(4,5)6/h7H,1-6H3,(H,14,15). The maximum atomic E-state index is 11.8. The molecule has 0 aliphatic heterocycles. The Kier molecular flexibility index (Phi) is 3.43. The fraction of sp³-hybridized carbons (Fsp3) is 0.667. The maximum Gasteiger partial charge on any atom is 0.271 e. The predicted molar refractivity (Wildman–Crippen MR) is 68.0 cm³/mol. The van der Waals surface area contributed by atoms with Crippen LogP contribution in [0.5, 0.6) is 0 Å². The number of hydrogen-bond acceptors (Lipinski definition) is 3. The molecular weight excluding hydrogens is 220 g/mol. The molecule has 1 amide bonds. The van der Waals surface area contributed by atoms with E-state index in [0.717, 1.165) is 5.01 Å². The summed E-state index contributed by atoms with van der Waals surface area (Å²) in [7, 11) is 0. The summed E-state index contributed by atoms with van der Waals surface area (Å²) in [4.78, 5) is 16.2. The second-order valence-corrected chi connectivity index (χ2v) is 6.85. The van der Waals surface area contributed by atoms with Crippen molar-refractivity contribution in [1.82, 2.24) is 10.3 Å². The number of amides is 1. The first kappa shape index (κ1) is 13.2. The Hall–Kier alpha value is -0.900. The van der Waals surface area contributed by atoms with Crippen molar-refractivity contribution in [1.29, 1.82) is 0 Å². The Morgan fingerprint density at radius 2 is 1.81 bits per heavy atom. The lowest BCUT2D eigenvalue weighted by molar-refractivity contribution is 0.0915. The second kappa shape index (κ2) is 4.17. The molecule has 3 nitrogen and oxygen atoms in total. The summed E-state index contributed by atoms with van der Waals surface area (Å²) in [5.74, 6) is -0.0979. The number of nitrogens with zero attached hydrogens (tertiary/aromatic N) is 1.